The van der Waals surface area contributed by atoms with Crippen molar-refractivity contribution in [3.05, 3.63) is 50.7 Å². The zero-order chi connectivity index (χ0) is 14.4. The van der Waals surface area contributed by atoms with E-state index in [1.165, 1.54) is 5.56 Å². The Morgan fingerprint density at radius 3 is 2.60 bits per heavy atom. The van der Waals surface area contributed by atoms with Gasteiger partial charge in [-0.25, -0.2) is 0 Å². The molecule has 0 saturated carbocycles. The summed E-state index contributed by atoms with van der Waals surface area (Å²) in [6, 6.07) is 7.09. The van der Waals surface area contributed by atoms with Gasteiger partial charge < -0.3 is 10.6 Å². The van der Waals surface area contributed by atoms with Crippen LogP contribution in [0.2, 0.25) is 0 Å². The van der Waals surface area contributed by atoms with Gasteiger partial charge in [0.2, 0.25) is 0 Å². The molecule has 0 radical (unpaired) electrons. The van der Waals surface area contributed by atoms with Crippen LogP contribution in [0.25, 0.3) is 0 Å². The molecule has 2 aromatic rings. The molecule has 0 unspecified atom stereocenters. The highest BCUT2D eigenvalue weighted by Gasteiger charge is 2.09. The summed E-state index contributed by atoms with van der Waals surface area (Å²) in [5.41, 5.74) is 2.91. The van der Waals surface area contributed by atoms with Crippen LogP contribution in [0.5, 0.6) is 0 Å². The Balaban J connectivity index is 2.03. The van der Waals surface area contributed by atoms with Gasteiger partial charge in [0.15, 0.2) is 0 Å². The van der Waals surface area contributed by atoms with Crippen LogP contribution in [0, 0.1) is 10.1 Å². The Labute approximate surface area is 121 Å². The number of hydrogen-bond acceptors (Lipinski definition) is 5. The predicted molar refractivity (Wildman–Crippen MR) is 83.8 cm³/mol. The van der Waals surface area contributed by atoms with Gasteiger partial charge in [-0.05, 0) is 41.8 Å². The van der Waals surface area contributed by atoms with Gasteiger partial charge in [-0.3, -0.25) is 10.1 Å². The van der Waals surface area contributed by atoms with Crippen molar-refractivity contribution in [2.75, 3.05) is 23.7 Å². The highest BCUT2D eigenvalue weighted by atomic mass is 32.1. The number of benzene rings is 1. The van der Waals surface area contributed by atoms with E-state index in [-0.39, 0.29) is 10.6 Å². The zero-order valence-electron chi connectivity index (χ0n) is 11.3. The maximum absolute atomic E-state index is 10.9. The molecule has 5 nitrogen and oxygen atoms in total. The number of nitro groups is 1. The van der Waals surface area contributed by atoms with E-state index in [4.69, 9.17) is 0 Å². The number of anilines is 2. The van der Waals surface area contributed by atoms with Crippen molar-refractivity contribution in [1.82, 2.24) is 0 Å². The summed E-state index contributed by atoms with van der Waals surface area (Å²) in [7, 11) is 0. The first-order valence-corrected chi connectivity index (χ1v) is 7.41. The lowest BCUT2D eigenvalue weighted by atomic mass is 10.2. The molecule has 20 heavy (non-hydrogen) atoms. The molecule has 0 saturated heterocycles. The van der Waals surface area contributed by atoms with E-state index in [1.54, 1.807) is 23.5 Å². The molecule has 1 aromatic heterocycles. The van der Waals surface area contributed by atoms with E-state index in [1.807, 2.05) is 18.4 Å². The lowest BCUT2D eigenvalue weighted by Gasteiger charge is -2.09. The normalized spacial score (nSPS) is 10.2. The van der Waals surface area contributed by atoms with Crippen LogP contribution in [0.1, 0.15) is 12.5 Å². The average molecular weight is 291 g/mol. The molecule has 0 aliphatic heterocycles. The first kappa shape index (κ1) is 14.3. The largest absolute Gasteiger partial charge is 0.385 e. The molecule has 0 bridgehead atoms. The monoisotopic (exact) mass is 291 g/mol. The van der Waals surface area contributed by atoms with Crippen LogP contribution in [0.15, 0.2) is 35.0 Å². The molecule has 6 heteroatoms. The summed E-state index contributed by atoms with van der Waals surface area (Å²) in [6.45, 7) is 3.45. The first-order valence-electron chi connectivity index (χ1n) is 6.47. The second kappa shape index (κ2) is 6.91. The van der Waals surface area contributed by atoms with Crippen LogP contribution in [0.4, 0.5) is 17.1 Å². The van der Waals surface area contributed by atoms with Gasteiger partial charge in [0.25, 0.3) is 5.69 Å². The summed E-state index contributed by atoms with van der Waals surface area (Å²) in [4.78, 5) is 10.6. The van der Waals surface area contributed by atoms with E-state index >= 15 is 0 Å². The molecule has 1 aromatic carbocycles. The van der Waals surface area contributed by atoms with Gasteiger partial charge in [0.1, 0.15) is 0 Å². The molecule has 2 rings (SSSR count). The van der Waals surface area contributed by atoms with Crippen LogP contribution < -0.4 is 10.6 Å². The van der Waals surface area contributed by atoms with Gasteiger partial charge in [-0.15, -0.1) is 0 Å². The van der Waals surface area contributed by atoms with Crippen molar-refractivity contribution < 1.29 is 4.92 Å². The van der Waals surface area contributed by atoms with E-state index in [2.05, 4.69) is 22.1 Å². The third-order valence-electron chi connectivity index (χ3n) is 2.83. The Kier molecular flexibility index (Phi) is 4.95. The summed E-state index contributed by atoms with van der Waals surface area (Å²) in [5, 5.41) is 21.4. The highest BCUT2D eigenvalue weighted by Crippen LogP contribution is 2.24. The number of non-ortho nitro benzene ring substituents is 1. The number of nitrogens with zero attached hydrogens (tertiary/aromatic N) is 1. The first-order chi connectivity index (χ1) is 9.69. The third kappa shape index (κ3) is 3.96. The minimum atomic E-state index is -0.370. The van der Waals surface area contributed by atoms with Crippen LogP contribution in [-0.2, 0) is 6.42 Å². The van der Waals surface area contributed by atoms with Gasteiger partial charge in [0.05, 0.1) is 4.92 Å². The zero-order valence-corrected chi connectivity index (χ0v) is 12.1. The average Bonchev–Trinajstić information content (AvgIpc) is 2.92. The molecule has 0 spiro atoms. The molecular formula is C14H17N3O2S. The molecule has 0 aliphatic carbocycles. The molecule has 2 N–H and O–H groups in total. The predicted octanol–water partition coefficient (Wildman–Crippen LogP) is 3.74. The van der Waals surface area contributed by atoms with Crippen LogP contribution >= 0.6 is 11.3 Å². The molecule has 0 amide bonds. The fourth-order valence-electron chi connectivity index (χ4n) is 1.91. The number of nitro benzene ring substituents is 1. The summed E-state index contributed by atoms with van der Waals surface area (Å²) in [6.07, 6.45) is 0.905. The van der Waals surface area contributed by atoms with Crippen molar-refractivity contribution in [3.8, 4) is 0 Å². The Morgan fingerprint density at radius 2 is 2.00 bits per heavy atom. The van der Waals surface area contributed by atoms with E-state index in [0.717, 1.165) is 30.9 Å². The van der Waals surface area contributed by atoms with Crippen molar-refractivity contribution in [2.24, 2.45) is 0 Å². The lowest BCUT2D eigenvalue weighted by Crippen LogP contribution is -2.06. The second-order valence-corrected chi connectivity index (χ2v) is 5.14. The third-order valence-corrected chi connectivity index (χ3v) is 3.56. The fraction of sp³-hybridized carbons (Fsp3) is 0.286. The topological polar surface area (TPSA) is 67.2 Å². The number of thiophene rings is 1. The van der Waals surface area contributed by atoms with Gasteiger partial charge >= 0.3 is 0 Å². The Morgan fingerprint density at radius 1 is 1.25 bits per heavy atom. The van der Waals surface area contributed by atoms with Crippen molar-refractivity contribution in [1.29, 1.82) is 0 Å². The van der Waals surface area contributed by atoms with Gasteiger partial charge in [0, 0.05) is 36.6 Å². The fourth-order valence-corrected chi connectivity index (χ4v) is 2.61. The number of rotatable bonds is 7. The SMILES string of the molecule is CCNc1cc(NCCc2ccsc2)cc([N+](=O)[O-])c1. The van der Waals surface area contributed by atoms with E-state index in [0.29, 0.717) is 0 Å². The Bertz CT molecular complexity index is 570. The maximum Gasteiger partial charge on any atom is 0.273 e. The summed E-state index contributed by atoms with van der Waals surface area (Å²) in [5.74, 6) is 0. The second-order valence-electron chi connectivity index (χ2n) is 4.36. The number of hydrogen-bond donors (Lipinski definition) is 2. The van der Waals surface area contributed by atoms with E-state index < -0.39 is 0 Å². The number of nitrogens with one attached hydrogen (secondary N) is 2. The van der Waals surface area contributed by atoms with Gasteiger partial charge in [-0.2, -0.15) is 11.3 Å². The molecule has 0 atom stereocenters. The molecule has 106 valence electrons. The highest BCUT2D eigenvalue weighted by molar-refractivity contribution is 7.07. The molecular weight excluding hydrogens is 274 g/mol. The van der Waals surface area contributed by atoms with Crippen LogP contribution in [0.3, 0.4) is 0 Å². The summed E-state index contributed by atoms with van der Waals surface area (Å²) >= 11 is 1.67. The van der Waals surface area contributed by atoms with Gasteiger partial charge in [-0.1, -0.05) is 0 Å². The van der Waals surface area contributed by atoms with Crippen molar-refractivity contribution >= 4 is 28.4 Å². The van der Waals surface area contributed by atoms with Crippen LogP contribution in [-0.4, -0.2) is 18.0 Å². The molecule has 1 heterocycles. The smallest absolute Gasteiger partial charge is 0.273 e. The Hall–Kier alpha value is -2.08. The lowest BCUT2D eigenvalue weighted by molar-refractivity contribution is -0.384. The molecule has 0 aliphatic rings. The van der Waals surface area contributed by atoms with E-state index in [9.17, 15) is 10.1 Å². The maximum atomic E-state index is 10.9. The van der Waals surface area contributed by atoms with Crippen molar-refractivity contribution in [3.63, 3.8) is 0 Å². The summed E-state index contributed by atoms with van der Waals surface area (Å²) < 4.78 is 0. The minimum absolute atomic E-state index is 0.0986. The standard InChI is InChI=1S/C14H17N3O2S/c1-2-15-12-7-13(9-14(8-12)17(18)19)16-5-3-11-4-6-20-10-11/h4,6-10,15-16H,2-3,5H2,1H3. The minimum Gasteiger partial charge on any atom is -0.385 e. The quantitative estimate of drug-likeness (QED) is 0.602. The van der Waals surface area contributed by atoms with Crippen molar-refractivity contribution in [2.45, 2.75) is 13.3 Å². The molecule has 0 fully saturated rings.